The second-order valence-electron chi connectivity index (χ2n) is 7.38. The molecule has 5 nitrogen and oxygen atoms in total. The van der Waals surface area contributed by atoms with Crippen LogP contribution in [0.15, 0.2) is 41.5 Å². The molecule has 1 aliphatic heterocycles. The first-order chi connectivity index (χ1) is 12.2. The van der Waals surface area contributed by atoms with Gasteiger partial charge in [-0.05, 0) is 71.1 Å². The number of phenolic OH excluding ortho intramolecular Hbond substituents is 1. The Balaban J connectivity index is 2.42. The van der Waals surface area contributed by atoms with E-state index in [2.05, 4.69) is 0 Å². The Labute approximate surface area is 154 Å². The van der Waals surface area contributed by atoms with Crippen molar-refractivity contribution in [3.8, 4) is 11.5 Å². The summed E-state index contributed by atoms with van der Waals surface area (Å²) in [5, 5.41) is 29.8. The first-order valence-corrected chi connectivity index (χ1v) is 8.96. The van der Waals surface area contributed by atoms with Crippen LogP contribution in [0, 0.1) is 0 Å². The van der Waals surface area contributed by atoms with Crippen LogP contribution in [0.4, 0.5) is 0 Å². The highest BCUT2D eigenvalue weighted by atomic mass is 16.5. The number of carbonyl (C=O) groups is 1. The van der Waals surface area contributed by atoms with Crippen molar-refractivity contribution in [2.24, 2.45) is 0 Å². The standard InChI is InChI=1S/C21H28O5/c1-14-5-4-6-15(20(24)25)8-9-16-13-17(22)10-11-18(16)26-21(2,3)19(23)12-7-14/h5,8,10-11,13,19,22-23H,4,6-7,9,12H2,1-3H3,(H,24,25)/t19-/m1/s1. The zero-order valence-electron chi connectivity index (χ0n) is 15.7. The van der Waals surface area contributed by atoms with E-state index in [-0.39, 0.29) is 5.75 Å². The third-order valence-electron chi connectivity index (χ3n) is 4.78. The Hall–Kier alpha value is -2.27. The minimum Gasteiger partial charge on any atom is -0.508 e. The molecule has 1 aliphatic rings. The van der Waals surface area contributed by atoms with Gasteiger partial charge in [-0.1, -0.05) is 17.7 Å². The maximum absolute atomic E-state index is 11.5. The minimum atomic E-state index is -0.929. The van der Waals surface area contributed by atoms with E-state index >= 15 is 0 Å². The minimum absolute atomic E-state index is 0.0932. The monoisotopic (exact) mass is 360 g/mol. The lowest BCUT2D eigenvalue weighted by molar-refractivity contribution is -0.132. The van der Waals surface area contributed by atoms with Gasteiger partial charge >= 0.3 is 5.97 Å². The maximum atomic E-state index is 11.5. The van der Waals surface area contributed by atoms with Crippen molar-refractivity contribution in [1.82, 2.24) is 0 Å². The van der Waals surface area contributed by atoms with Gasteiger partial charge in [0.05, 0.1) is 6.10 Å². The van der Waals surface area contributed by atoms with Gasteiger partial charge in [0.15, 0.2) is 0 Å². The van der Waals surface area contributed by atoms with E-state index in [0.717, 1.165) is 12.0 Å². The summed E-state index contributed by atoms with van der Waals surface area (Å²) in [6, 6.07) is 4.76. The van der Waals surface area contributed by atoms with E-state index in [1.165, 1.54) is 6.07 Å². The lowest BCUT2D eigenvalue weighted by atomic mass is 9.94. The summed E-state index contributed by atoms with van der Waals surface area (Å²) >= 11 is 0. The Morgan fingerprint density at radius 1 is 1.23 bits per heavy atom. The number of rotatable bonds is 1. The predicted octanol–water partition coefficient (Wildman–Crippen LogP) is 3.98. The maximum Gasteiger partial charge on any atom is 0.331 e. The van der Waals surface area contributed by atoms with E-state index in [4.69, 9.17) is 4.74 Å². The zero-order chi connectivity index (χ0) is 19.3. The second-order valence-corrected chi connectivity index (χ2v) is 7.38. The van der Waals surface area contributed by atoms with Crippen molar-refractivity contribution in [2.45, 2.75) is 64.6 Å². The number of carboxylic acid groups (broad SMARTS) is 1. The van der Waals surface area contributed by atoms with Crippen LogP contribution < -0.4 is 4.74 Å². The molecule has 1 aromatic carbocycles. The number of aromatic hydroxyl groups is 1. The van der Waals surface area contributed by atoms with Crippen molar-refractivity contribution < 1.29 is 24.9 Å². The molecule has 0 unspecified atom stereocenters. The van der Waals surface area contributed by atoms with Gasteiger partial charge in [-0.3, -0.25) is 0 Å². The summed E-state index contributed by atoms with van der Waals surface area (Å²) in [6.07, 6.45) is 5.75. The normalized spacial score (nSPS) is 21.5. The molecule has 2 rings (SSSR count). The predicted molar refractivity (Wildman–Crippen MR) is 100 cm³/mol. The van der Waals surface area contributed by atoms with Gasteiger partial charge in [-0.25, -0.2) is 4.79 Å². The van der Waals surface area contributed by atoms with Crippen molar-refractivity contribution in [1.29, 1.82) is 0 Å². The number of carboxylic acids is 1. The van der Waals surface area contributed by atoms with E-state index in [1.54, 1.807) is 18.2 Å². The fourth-order valence-corrected chi connectivity index (χ4v) is 2.99. The number of hydrogen-bond acceptors (Lipinski definition) is 4. The van der Waals surface area contributed by atoms with Gasteiger partial charge in [-0.15, -0.1) is 0 Å². The summed E-state index contributed by atoms with van der Waals surface area (Å²) in [6.45, 7) is 5.66. The van der Waals surface area contributed by atoms with Crippen LogP contribution in [0.5, 0.6) is 11.5 Å². The summed E-state index contributed by atoms with van der Waals surface area (Å²) in [5.41, 5.74) is 1.36. The van der Waals surface area contributed by atoms with Crippen LogP contribution in [-0.4, -0.2) is 33.0 Å². The van der Waals surface area contributed by atoms with Crippen LogP contribution in [0.2, 0.25) is 0 Å². The Morgan fingerprint density at radius 3 is 2.65 bits per heavy atom. The van der Waals surface area contributed by atoms with Crippen LogP contribution in [0.25, 0.3) is 0 Å². The summed E-state index contributed by atoms with van der Waals surface area (Å²) in [7, 11) is 0. The number of aliphatic hydroxyl groups excluding tert-OH is 1. The summed E-state index contributed by atoms with van der Waals surface area (Å²) < 4.78 is 6.07. The highest BCUT2D eigenvalue weighted by Crippen LogP contribution is 2.31. The van der Waals surface area contributed by atoms with Crippen LogP contribution in [-0.2, 0) is 11.2 Å². The molecular formula is C21H28O5. The highest BCUT2D eigenvalue weighted by Gasteiger charge is 2.30. The summed E-state index contributed by atoms with van der Waals surface area (Å²) in [5.74, 6) is -0.297. The fourth-order valence-electron chi connectivity index (χ4n) is 2.99. The molecule has 0 radical (unpaired) electrons. The molecule has 0 bridgehead atoms. The number of allylic oxidation sites excluding steroid dienone is 3. The molecule has 0 aromatic heterocycles. The molecule has 0 saturated carbocycles. The van der Waals surface area contributed by atoms with Crippen LogP contribution in [0.1, 0.15) is 52.0 Å². The first-order valence-electron chi connectivity index (χ1n) is 8.96. The van der Waals surface area contributed by atoms with Crippen molar-refractivity contribution in [3.63, 3.8) is 0 Å². The van der Waals surface area contributed by atoms with E-state index in [1.807, 2.05) is 26.8 Å². The third-order valence-corrected chi connectivity index (χ3v) is 4.78. The average molecular weight is 360 g/mol. The largest absolute Gasteiger partial charge is 0.508 e. The number of ether oxygens (including phenoxy) is 1. The molecule has 142 valence electrons. The number of benzene rings is 1. The first kappa shape index (κ1) is 20.0. The number of fused-ring (bicyclic) bond motifs is 1. The Kier molecular flexibility index (Phi) is 6.48. The molecule has 1 heterocycles. The average Bonchev–Trinajstić information content (AvgIpc) is 2.56. The van der Waals surface area contributed by atoms with Crippen LogP contribution >= 0.6 is 0 Å². The molecule has 1 aromatic rings. The van der Waals surface area contributed by atoms with Gasteiger partial charge in [0.25, 0.3) is 0 Å². The topological polar surface area (TPSA) is 87.0 Å². The lowest BCUT2D eigenvalue weighted by Gasteiger charge is -2.32. The van der Waals surface area contributed by atoms with Crippen molar-refractivity contribution in [3.05, 3.63) is 47.1 Å². The van der Waals surface area contributed by atoms with E-state index in [9.17, 15) is 20.1 Å². The molecule has 0 aliphatic carbocycles. The van der Waals surface area contributed by atoms with Gasteiger partial charge in [-0.2, -0.15) is 0 Å². The fraction of sp³-hybridized carbons (Fsp3) is 0.476. The molecule has 1 atom stereocenters. The van der Waals surface area contributed by atoms with Gasteiger partial charge in [0.1, 0.15) is 17.1 Å². The Morgan fingerprint density at radius 2 is 1.96 bits per heavy atom. The smallest absolute Gasteiger partial charge is 0.331 e. The number of aliphatic carboxylic acids is 1. The van der Waals surface area contributed by atoms with Gasteiger partial charge in [0, 0.05) is 11.1 Å². The number of hydrogen-bond donors (Lipinski definition) is 3. The number of phenols is 1. The summed E-state index contributed by atoms with van der Waals surface area (Å²) in [4.78, 5) is 11.5. The molecule has 5 heteroatoms. The zero-order valence-corrected chi connectivity index (χ0v) is 15.7. The van der Waals surface area contributed by atoms with Crippen LogP contribution in [0.3, 0.4) is 0 Å². The quantitative estimate of drug-likeness (QED) is 0.659. The molecule has 0 spiro atoms. The highest BCUT2D eigenvalue weighted by molar-refractivity contribution is 5.86. The molecule has 26 heavy (non-hydrogen) atoms. The van der Waals surface area contributed by atoms with Crippen molar-refractivity contribution >= 4 is 5.97 Å². The third kappa shape index (κ3) is 5.36. The SMILES string of the molecule is CC1=CCCC(C(=O)O)=CCc2cc(O)ccc2OC(C)(C)[C@H](O)CC1. The molecule has 0 saturated heterocycles. The van der Waals surface area contributed by atoms with Gasteiger partial charge < -0.3 is 20.1 Å². The molecule has 0 amide bonds. The Bertz CT molecular complexity index is 715. The lowest BCUT2D eigenvalue weighted by Crippen LogP contribution is -2.42. The van der Waals surface area contributed by atoms with E-state index < -0.39 is 17.7 Å². The molecule has 0 fully saturated rings. The molecule has 3 N–H and O–H groups in total. The second kappa shape index (κ2) is 8.41. The van der Waals surface area contributed by atoms with Crippen molar-refractivity contribution in [2.75, 3.05) is 0 Å². The van der Waals surface area contributed by atoms with Gasteiger partial charge in [0.2, 0.25) is 0 Å². The van der Waals surface area contributed by atoms with E-state index in [0.29, 0.717) is 42.6 Å². The molecular weight excluding hydrogens is 332 g/mol. The number of aliphatic hydroxyl groups is 1.